The zero-order valence-corrected chi connectivity index (χ0v) is 10.6. The smallest absolute Gasteiger partial charge is 0.0797 e. The van der Waals surface area contributed by atoms with Crippen LogP contribution >= 0.6 is 0 Å². The number of hydrogen-bond donors (Lipinski definition) is 1. The predicted octanol–water partition coefficient (Wildman–Crippen LogP) is 2.44. The quantitative estimate of drug-likeness (QED) is 0.852. The van der Waals surface area contributed by atoms with Crippen LogP contribution in [0.15, 0.2) is 59.7 Å². The van der Waals surface area contributed by atoms with Crippen LogP contribution in [0.25, 0.3) is 0 Å². The topological polar surface area (TPSA) is 35.8 Å². The van der Waals surface area contributed by atoms with Crippen LogP contribution in [0.3, 0.4) is 0 Å². The lowest BCUT2D eigenvalue weighted by molar-refractivity contribution is 0.264. The van der Waals surface area contributed by atoms with Gasteiger partial charge in [0.2, 0.25) is 0 Å². The van der Waals surface area contributed by atoms with E-state index in [0.29, 0.717) is 0 Å². The molecule has 19 heavy (non-hydrogen) atoms. The molecule has 1 aliphatic rings. The van der Waals surface area contributed by atoms with Gasteiger partial charge < -0.3 is 5.11 Å². The van der Waals surface area contributed by atoms with E-state index in [1.54, 1.807) is 0 Å². The number of anilines is 1. The average molecular weight is 252 g/mol. The van der Waals surface area contributed by atoms with Crippen molar-refractivity contribution in [3.05, 3.63) is 65.7 Å². The lowest BCUT2D eigenvalue weighted by atomic mass is 10.1. The summed E-state index contributed by atoms with van der Waals surface area (Å²) in [7, 11) is 0. The predicted molar refractivity (Wildman–Crippen MR) is 77.5 cm³/mol. The first-order valence-corrected chi connectivity index (χ1v) is 6.45. The van der Waals surface area contributed by atoms with Gasteiger partial charge in [0.15, 0.2) is 0 Å². The first-order chi connectivity index (χ1) is 9.38. The second kappa shape index (κ2) is 5.24. The third-order valence-electron chi connectivity index (χ3n) is 3.38. The molecule has 3 rings (SSSR count). The minimum Gasteiger partial charge on any atom is -0.394 e. The van der Waals surface area contributed by atoms with Crippen molar-refractivity contribution in [2.75, 3.05) is 11.6 Å². The fraction of sp³-hybridized carbons (Fsp3) is 0.188. The first-order valence-electron chi connectivity index (χ1n) is 6.45. The van der Waals surface area contributed by atoms with E-state index >= 15 is 0 Å². The van der Waals surface area contributed by atoms with Crippen LogP contribution in [-0.4, -0.2) is 24.0 Å². The van der Waals surface area contributed by atoms with Gasteiger partial charge in [-0.15, -0.1) is 0 Å². The average Bonchev–Trinajstić information content (AvgIpc) is 2.84. The molecule has 0 fully saturated rings. The van der Waals surface area contributed by atoms with Crippen LogP contribution in [-0.2, 0) is 6.42 Å². The molecule has 0 aromatic heterocycles. The van der Waals surface area contributed by atoms with E-state index in [1.807, 2.05) is 59.8 Å². The number of rotatable bonds is 3. The highest BCUT2D eigenvalue weighted by Gasteiger charge is 2.27. The van der Waals surface area contributed by atoms with Gasteiger partial charge in [-0.25, -0.2) is 0 Å². The molecule has 3 heteroatoms. The van der Waals surface area contributed by atoms with Crippen molar-refractivity contribution in [3.63, 3.8) is 0 Å². The van der Waals surface area contributed by atoms with Gasteiger partial charge in [-0.3, -0.25) is 5.01 Å². The molecule has 0 amide bonds. The molecule has 3 nitrogen and oxygen atoms in total. The van der Waals surface area contributed by atoms with Crippen molar-refractivity contribution < 1.29 is 5.11 Å². The zero-order chi connectivity index (χ0) is 13.1. The highest BCUT2D eigenvalue weighted by molar-refractivity contribution is 5.80. The molecule has 2 aromatic rings. The molecule has 0 saturated heterocycles. The Morgan fingerprint density at radius 2 is 1.84 bits per heavy atom. The molecule has 1 N–H and O–H groups in total. The number of hydrogen-bond acceptors (Lipinski definition) is 3. The zero-order valence-electron chi connectivity index (χ0n) is 10.6. The van der Waals surface area contributed by atoms with Gasteiger partial charge in [0.25, 0.3) is 0 Å². The summed E-state index contributed by atoms with van der Waals surface area (Å²) in [5.74, 6) is 0. The molecule has 0 radical (unpaired) electrons. The maximum atomic E-state index is 9.49. The lowest BCUT2D eigenvalue weighted by Gasteiger charge is -2.20. The van der Waals surface area contributed by atoms with Gasteiger partial charge in [-0.2, -0.15) is 5.10 Å². The Balaban J connectivity index is 1.88. The molecule has 1 unspecified atom stereocenters. The van der Waals surface area contributed by atoms with Crippen molar-refractivity contribution in [1.29, 1.82) is 0 Å². The summed E-state index contributed by atoms with van der Waals surface area (Å²) in [6, 6.07) is 18.2. The SMILES string of the molecule is OCC1Cc2ccccc2N1/N=C\c1ccccc1. The molecule has 0 saturated carbocycles. The maximum absolute atomic E-state index is 9.49. The van der Waals surface area contributed by atoms with Crippen molar-refractivity contribution in [2.45, 2.75) is 12.5 Å². The standard InChI is InChI=1S/C16H16N2O/c19-12-15-10-14-8-4-5-9-16(14)18(15)17-11-13-6-2-1-3-7-13/h1-9,11,15,19H,10,12H2/b17-11-. The van der Waals surface area contributed by atoms with Crippen molar-refractivity contribution in [3.8, 4) is 0 Å². The fourth-order valence-electron chi connectivity index (χ4n) is 2.41. The molecule has 0 aliphatic carbocycles. The number of benzene rings is 2. The Bertz CT molecular complexity index is 580. The number of para-hydroxylation sites is 1. The number of aliphatic hydroxyl groups excluding tert-OH is 1. The Hall–Kier alpha value is -2.13. The summed E-state index contributed by atoms with van der Waals surface area (Å²) in [6.45, 7) is 0.112. The van der Waals surface area contributed by atoms with Crippen LogP contribution in [0.2, 0.25) is 0 Å². The van der Waals surface area contributed by atoms with E-state index in [4.69, 9.17) is 0 Å². The fourth-order valence-corrected chi connectivity index (χ4v) is 2.41. The normalized spacial score (nSPS) is 17.9. The highest BCUT2D eigenvalue weighted by Crippen LogP contribution is 2.31. The van der Waals surface area contributed by atoms with E-state index in [-0.39, 0.29) is 12.6 Å². The van der Waals surface area contributed by atoms with Gasteiger partial charge in [-0.1, -0.05) is 48.5 Å². The Morgan fingerprint density at radius 3 is 2.63 bits per heavy atom. The molecule has 1 atom stereocenters. The van der Waals surface area contributed by atoms with Gasteiger partial charge in [-0.05, 0) is 23.6 Å². The third-order valence-corrected chi connectivity index (χ3v) is 3.38. The first kappa shape index (κ1) is 11.9. The Labute approximate surface area is 112 Å². The molecule has 96 valence electrons. The number of fused-ring (bicyclic) bond motifs is 1. The number of hydrazone groups is 1. The van der Waals surface area contributed by atoms with Crippen molar-refractivity contribution in [1.82, 2.24) is 0 Å². The van der Waals surface area contributed by atoms with Crippen LogP contribution in [0.1, 0.15) is 11.1 Å². The maximum Gasteiger partial charge on any atom is 0.0797 e. The van der Waals surface area contributed by atoms with E-state index in [9.17, 15) is 5.11 Å². The van der Waals surface area contributed by atoms with E-state index in [2.05, 4.69) is 11.2 Å². The lowest BCUT2D eigenvalue weighted by Crippen LogP contribution is -2.30. The van der Waals surface area contributed by atoms with E-state index in [1.165, 1.54) is 5.56 Å². The molecular weight excluding hydrogens is 236 g/mol. The summed E-state index contributed by atoms with van der Waals surface area (Å²) in [5.41, 5.74) is 3.39. The van der Waals surface area contributed by atoms with Gasteiger partial charge in [0.1, 0.15) is 0 Å². The van der Waals surface area contributed by atoms with E-state index < -0.39 is 0 Å². The van der Waals surface area contributed by atoms with Crippen LogP contribution in [0.5, 0.6) is 0 Å². The minimum absolute atomic E-state index is 0.0392. The summed E-state index contributed by atoms with van der Waals surface area (Å²) >= 11 is 0. The monoisotopic (exact) mass is 252 g/mol. The van der Waals surface area contributed by atoms with Crippen molar-refractivity contribution in [2.24, 2.45) is 5.10 Å². The van der Waals surface area contributed by atoms with Gasteiger partial charge in [0.05, 0.1) is 24.6 Å². The van der Waals surface area contributed by atoms with Gasteiger partial charge in [0, 0.05) is 0 Å². The molecule has 0 spiro atoms. The summed E-state index contributed by atoms with van der Waals surface area (Å²) in [4.78, 5) is 0. The van der Waals surface area contributed by atoms with E-state index in [0.717, 1.165) is 17.7 Å². The second-order valence-electron chi connectivity index (χ2n) is 4.67. The van der Waals surface area contributed by atoms with Crippen LogP contribution < -0.4 is 5.01 Å². The summed E-state index contributed by atoms with van der Waals surface area (Å²) in [6.07, 6.45) is 2.68. The van der Waals surface area contributed by atoms with Crippen LogP contribution in [0, 0.1) is 0 Å². The number of aliphatic hydroxyl groups is 1. The van der Waals surface area contributed by atoms with Crippen molar-refractivity contribution >= 4 is 11.9 Å². The molecule has 0 bridgehead atoms. The van der Waals surface area contributed by atoms with Gasteiger partial charge >= 0.3 is 0 Å². The molecular formula is C16H16N2O. The molecule has 2 aromatic carbocycles. The Morgan fingerprint density at radius 1 is 1.11 bits per heavy atom. The molecule has 1 heterocycles. The van der Waals surface area contributed by atoms with Crippen LogP contribution in [0.4, 0.5) is 5.69 Å². The number of nitrogens with zero attached hydrogens (tertiary/aromatic N) is 2. The summed E-state index contributed by atoms with van der Waals surface area (Å²) in [5, 5.41) is 15.9. The Kier molecular flexibility index (Phi) is 3.29. The highest BCUT2D eigenvalue weighted by atomic mass is 16.3. The largest absolute Gasteiger partial charge is 0.394 e. The minimum atomic E-state index is 0.0392. The second-order valence-corrected chi connectivity index (χ2v) is 4.67. The molecule has 1 aliphatic heterocycles. The third kappa shape index (κ3) is 2.37. The summed E-state index contributed by atoms with van der Waals surface area (Å²) < 4.78 is 0.